The summed E-state index contributed by atoms with van der Waals surface area (Å²) in [4.78, 5) is 20.6. The highest BCUT2D eigenvalue weighted by molar-refractivity contribution is 7.17. The number of rotatable bonds is 5. The zero-order valence-corrected chi connectivity index (χ0v) is 19.7. The van der Waals surface area contributed by atoms with Crippen LogP contribution in [0.5, 0.6) is 5.75 Å². The van der Waals surface area contributed by atoms with Crippen LogP contribution in [-0.4, -0.2) is 43.9 Å². The third-order valence-corrected chi connectivity index (χ3v) is 7.05. The number of aromatic nitrogens is 4. The average Bonchev–Trinajstić information content (AvgIpc) is 3.41. The molecule has 3 heterocycles. The van der Waals surface area contributed by atoms with Gasteiger partial charge in [-0.05, 0) is 62.6 Å². The number of nitrogens with zero attached hydrogens (tertiary/aromatic N) is 5. The second-order valence-electron chi connectivity index (χ2n) is 8.04. The highest BCUT2D eigenvalue weighted by Crippen LogP contribution is 2.31. The van der Waals surface area contributed by atoms with Crippen molar-refractivity contribution in [3.05, 3.63) is 75.9 Å². The van der Waals surface area contributed by atoms with Gasteiger partial charge in [0, 0.05) is 13.1 Å². The van der Waals surface area contributed by atoms with Crippen LogP contribution >= 0.6 is 11.3 Å². The Bertz CT molecular complexity index is 1310. The van der Waals surface area contributed by atoms with Gasteiger partial charge >= 0.3 is 0 Å². The number of ether oxygens (including phenoxy) is 1. The molecule has 168 valence electrons. The molecule has 0 atom stereocenters. The van der Waals surface area contributed by atoms with Crippen molar-refractivity contribution in [2.75, 3.05) is 13.2 Å². The Morgan fingerprint density at radius 1 is 1.09 bits per heavy atom. The van der Waals surface area contributed by atoms with Crippen molar-refractivity contribution >= 4 is 17.2 Å². The second-order valence-corrected chi connectivity index (χ2v) is 9.04. The van der Waals surface area contributed by atoms with E-state index in [1.807, 2.05) is 56.0 Å². The minimum Gasteiger partial charge on any atom is -0.494 e. The quantitative estimate of drug-likeness (QED) is 0.436. The molecule has 0 radical (unpaired) electrons. The van der Waals surface area contributed by atoms with Crippen LogP contribution in [0.2, 0.25) is 0 Å². The molecule has 0 bridgehead atoms. The first-order valence-corrected chi connectivity index (χ1v) is 11.9. The summed E-state index contributed by atoms with van der Waals surface area (Å²) in [5.41, 5.74) is 5.73. The maximum atomic E-state index is 13.3. The van der Waals surface area contributed by atoms with Crippen molar-refractivity contribution in [3.63, 3.8) is 0 Å². The van der Waals surface area contributed by atoms with E-state index in [1.54, 1.807) is 4.68 Å². The molecule has 0 aliphatic carbocycles. The van der Waals surface area contributed by atoms with Gasteiger partial charge < -0.3 is 9.64 Å². The standard InChI is InChI=1S/C25H25N5O2S/c1-4-32-21-11-9-20(10-12-21)30-17(3)22(27-28-30)24-26-16(2)23(33-24)25(31)29-14-13-18-7-5-6-8-19(18)15-29/h5-12H,4,13-15H2,1-3H3. The molecule has 5 rings (SSSR count). The summed E-state index contributed by atoms with van der Waals surface area (Å²) in [7, 11) is 0. The van der Waals surface area contributed by atoms with E-state index < -0.39 is 0 Å². The SMILES string of the molecule is CCOc1ccc(-n2nnc(-c3nc(C)c(C(=O)N4CCc5ccccc5C4)s3)c2C)cc1. The average molecular weight is 460 g/mol. The second kappa shape index (κ2) is 8.78. The van der Waals surface area contributed by atoms with Crippen molar-refractivity contribution in [2.24, 2.45) is 0 Å². The highest BCUT2D eigenvalue weighted by atomic mass is 32.1. The number of carbonyl (C=O) groups is 1. The lowest BCUT2D eigenvalue weighted by atomic mass is 10.00. The lowest BCUT2D eigenvalue weighted by molar-refractivity contribution is 0.0738. The Morgan fingerprint density at radius 2 is 1.85 bits per heavy atom. The fourth-order valence-electron chi connectivity index (χ4n) is 4.13. The van der Waals surface area contributed by atoms with Crippen LogP contribution < -0.4 is 4.74 Å². The van der Waals surface area contributed by atoms with E-state index >= 15 is 0 Å². The lowest BCUT2D eigenvalue weighted by Gasteiger charge is -2.28. The molecule has 4 aromatic rings. The third kappa shape index (κ3) is 4.02. The molecule has 0 spiro atoms. The van der Waals surface area contributed by atoms with Crippen molar-refractivity contribution in [2.45, 2.75) is 33.7 Å². The molecule has 1 aliphatic heterocycles. The topological polar surface area (TPSA) is 73.1 Å². The van der Waals surface area contributed by atoms with Crippen LogP contribution in [0.25, 0.3) is 16.4 Å². The summed E-state index contributed by atoms with van der Waals surface area (Å²) in [6.07, 6.45) is 0.877. The monoisotopic (exact) mass is 459 g/mol. The number of fused-ring (bicyclic) bond motifs is 1. The van der Waals surface area contributed by atoms with Crippen LogP contribution in [0, 0.1) is 13.8 Å². The number of thiazole rings is 1. The van der Waals surface area contributed by atoms with Gasteiger partial charge in [0.15, 0.2) is 0 Å². The molecule has 1 amide bonds. The predicted octanol–water partition coefficient (Wildman–Crippen LogP) is 4.60. The number of hydrogen-bond acceptors (Lipinski definition) is 6. The number of hydrogen-bond donors (Lipinski definition) is 0. The molecule has 0 fully saturated rings. The summed E-state index contributed by atoms with van der Waals surface area (Å²) in [6, 6.07) is 16.1. The molecule has 0 N–H and O–H groups in total. The molecule has 33 heavy (non-hydrogen) atoms. The van der Waals surface area contributed by atoms with Gasteiger partial charge in [-0.15, -0.1) is 16.4 Å². The Morgan fingerprint density at radius 3 is 2.61 bits per heavy atom. The molecule has 2 aromatic carbocycles. The van der Waals surface area contributed by atoms with Gasteiger partial charge in [-0.3, -0.25) is 4.79 Å². The van der Waals surface area contributed by atoms with Gasteiger partial charge in [0.25, 0.3) is 5.91 Å². The molecule has 1 aliphatic rings. The van der Waals surface area contributed by atoms with Crippen LogP contribution in [-0.2, 0) is 13.0 Å². The van der Waals surface area contributed by atoms with E-state index in [2.05, 4.69) is 33.5 Å². The number of benzene rings is 2. The van der Waals surface area contributed by atoms with Gasteiger partial charge in [0.2, 0.25) is 0 Å². The fourth-order valence-corrected chi connectivity index (χ4v) is 5.20. The number of aryl methyl sites for hydroxylation is 1. The molecule has 8 heteroatoms. The van der Waals surface area contributed by atoms with Gasteiger partial charge in [0.1, 0.15) is 21.3 Å². The van der Waals surface area contributed by atoms with Gasteiger partial charge in [-0.1, -0.05) is 29.5 Å². The Kier molecular flexibility index (Phi) is 5.68. The summed E-state index contributed by atoms with van der Waals surface area (Å²) < 4.78 is 7.30. The van der Waals surface area contributed by atoms with Crippen molar-refractivity contribution in [1.29, 1.82) is 0 Å². The molecular weight excluding hydrogens is 434 g/mol. The maximum absolute atomic E-state index is 13.3. The largest absolute Gasteiger partial charge is 0.494 e. The van der Waals surface area contributed by atoms with Crippen molar-refractivity contribution < 1.29 is 9.53 Å². The molecular formula is C25H25N5O2S. The predicted molar refractivity (Wildman–Crippen MR) is 128 cm³/mol. The Hall–Kier alpha value is -3.52. The van der Waals surface area contributed by atoms with Crippen LogP contribution in [0.4, 0.5) is 0 Å². The normalized spacial score (nSPS) is 13.1. The Balaban J connectivity index is 1.39. The zero-order valence-electron chi connectivity index (χ0n) is 18.9. The van der Waals surface area contributed by atoms with E-state index in [4.69, 9.17) is 4.74 Å². The van der Waals surface area contributed by atoms with E-state index in [9.17, 15) is 4.79 Å². The molecule has 0 saturated heterocycles. The zero-order chi connectivity index (χ0) is 22.9. The van der Waals surface area contributed by atoms with Crippen molar-refractivity contribution in [1.82, 2.24) is 24.9 Å². The van der Waals surface area contributed by atoms with Crippen LogP contribution in [0.3, 0.4) is 0 Å². The smallest absolute Gasteiger partial charge is 0.266 e. The minimum atomic E-state index is 0.0299. The van der Waals surface area contributed by atoms with Gasteiger partial charge in [-0.25, -0.2) is 9.67 Å². The number of amides is 1. The molecule has 7 nitrogen and oxygen atoms in total. The molecule has 2 aromatic heterocycles. The third-order valence-electron chi connectivity index (χ3n) is 5.90. The summed E-state index contributed by atoms with van der Waals surface area (Å²) in [5, 5.41) is 9.43. The van der Waals surface area contributed by atoms with Crippen LogP contribution in [0.15, 0.2) is 48.5 Å². The van der Waals surface area contributed by atoms with E-state index in [0.717, 1.165) is 35.8 Å². The maximum Gasteiger partial charge on any atom is 0.266 e. The first kappa shape index (κ1) is 21.3. The first-order chi connectivity index (χ1) is 16.0. The van der Waals surface area contributed by atoms with Gasteiger partial charge in [-0.2, -0.15) is 0 Å². The number of carbonyl (C=O) groups excluding carboxylic acids is 1. The molecule has 0 unspecified atom stereocenters. The van der Waals surface area contributed by atoms with E-state index in [1.165, 1.54) is 22.5 Å². The van der Waals surface area contributed by atoms with Gasteiger partial charge in [0.05, 0.1) is 23.7 Å². The van der Waals surface area contributed by atoms with Crippen molar-refractivity contribution in [3.8, 4) is 22.1 Å². The lowest BCUT2D eigenvalue weighted by Crippen LogP contribution is -2.35. The first-order valence-electron chi connectivity index (χ1n) is 11.0. The summed E-state index contributed by atoms with van der Waals surface area (Å²) in [5.74, 6) is 0.848. The summed E-state index contributed by atoms with van der Waals surface area (Å²) >= 11 is 1.39. The highest BCUT2D eigenvalue weighted by Gasteiger charge is 2.26. The Labute approximate surface area is 196 Å². The minimum absolute atomic E-state index is 0.0299. The fraction of sp³-hybridized carbons (Fsp3) is 0.280. The van der Waals surface area contributed by atoms with Crippen LogP contribution in [0.1, 0.15) is 39.1 Å². The molecule has 0 saturated carbocycles. The van der Waals surface area contributed by atoms with E-state index in [0.29, 0.717) is 28.7 Å². The van der Waals surface area contributed by atoms with E-state index in [-0.39, 0.29) is 5.91 Å². The summed E-state index contributed by atoms with van der Waals surface area (Å²) in [6.45, 7) is 7.79.